The van der Waals surface area contributed by atoms with Crippen molar-refractivity contribution >= 4 is 62.4 Å². The second-order valence-electron chi connectivity index (χ2n) is 7.03. The molecular formula is C22H17BrClN3O3. The van der Waals surface area contributed by atoms with Crippen LogP contribution in [-0.4, -0.2) is 46.3 Å². The largest absolute Gasteiger partial charge is 0.342 e. The Morgan fingerprint density at radius 1 is 1.00 bits per heavy atom. The molecule has 1 aliphatic heterocycles. The zero-order valence-corrected chi connectivity index (χ0v) is 18.6. The number of hydrogen-bond acceptors (Lipinski definition) is 3. The number of likely N-dealkylation sites (N-methyl/N-ethyl adjacent to an activating group) is 2. The number of fused-ring (bicyclic) bond motifs is 1. The Balaban J connectivity index is 1.85. The highest BCUT2D eigenvalue weighted by molar-refractivity contribution is 9.10. The van der Waals surface area contributed by atoms with Crippen LogP contribution in [0.3, 0.4) is 0 Å². The first-order chi connectivity index (χ1) is 14.3. The van der Waals surface area contributed by atoms with Gasteiger partial charge in [0, 0.05) is 52.8 Å². The second-order valence-corrected chi connectivity index (χ2v) is 8.36. The highest BCUT2D eigenvalue weighted by atomic mass is 79.9. The van der Waals surface area contributed by atoms with Gasteiger partial charge in [0.05, 0.1) is 0 Å². The molecule has 1 fully saturated rings. The van der Waals surface area contributed by atoms with Gasteiger partial charge < -0.3 is 4.57 Å². The molecule has 4 rings (SSSR count). The van der Waals surface area contributed by atoms with Crippen LogP contribution in [0, 0.1) is 0 Å². The van der Waals surface area contributed by atoms with Gasteiger partial charge in [0.1, 0.15) is 5.57 Å². The molecule has 0 unspecified atom stereocenters. The zero-order valence-electron chi connectivity index (χ0n) is 16.2. The van der Waals surface area contributed by atoms with Crippen molar-refractivity contribution in [1.82, 2.24) is 14.4 Å². The number of imide groups is 2. The lowest BCUT2D eigenvalue weighted by Gasteiger charge is -2.28. The number of carbonyl (C=O) groups is 3. The van der Waals surface area contributed by atoms with E-state index in [4.69, 9.17) is 11.6 Å². The lowest BCUT2D eigenvalue weighted by molar-refractivity contribution is -0.134. The predicted molar refractivity (Wildman–Crippen MR) is 119 cm³/mol. The van der Waals surface area contributed by atoms with Gasteiger partial charge in [-0.1, -0.05) is 45.7 Å². The Labute approximate surface area is 186 Å². The molecule has 0 radical (unpaired) electrons. The summed E-state index contributed by atoms with van der Waals surface area (Å²) in [5, 5.41) is 1.53. The molecule has 0 saturated carbocycles. The quantitative estimate of drug-likeness (QED) is 0.403. The molecule has 3 aromatic rings. The fourth-order valence-corrected chi connectivity index (χ4v) is 4.04. The summed E-state index contributed by atoms with van der Waals surface area (Å²) in [5.41, 5.74) is 2.52. The molecule has 4 amide bonds. The Morgan fingerprint density at radius 3 is 2.33 bits per heavy atom. The van der Waals surface area contributed by atoms with Crippen LogP contribution < -0.4 is 0 Å². The zero-order chi connectivity index (χ0) is 21.6. The molecule has 30 heavy (non-hydrogen) atoms. The summed E-state index contributed by atoms with van der Waals surface area (Å²) in [6.45, 7) is 0.529. The maximum atomic E-state index is 12.6. The van der Waals surface area contributed by atoms with Crippen molar-refractivity contribution in [1.29, 1.82) is 0 Å². The van der Waals surface area contributed by atoms with Crippen LogP contribution in [-0.2, 0) is 16.1 Å². The van der Waals surface area contributed by atoms with E-state index in [-0.39, 0.29) is 5.57 Å². The molecule has 0 atom stereocenters. The minimum atomic E-state index is -0.647. The van der Waals surface area contributed by atoms with Gasteiger partial charge in [-0.05, 0) is 35.9 Å². The van der Waals surface area contributed by atoms with Gasteiger partial charge in [-0.25, -0.2) is 4.79 Å². The van der Waals surface area contributed by atoms with E-state index in [9.17, 15) is 14.4 Å². The van der Waals surface area contributed by atoms with E-state index in [1.165, 1.54) is 14.1 Å². The van der Waals surface area contributed by atoms with Crippen LogP contribution in [0.1, 0.15) is 11.1 Å². The van der Waals surface area contributed by atoms with Crippen LogP contribution in [0.4, 0.5) is 4.79 Å². The summed E-state index contributed by atoms with van der Waals surface area (Å²) in [5.74, 6) is -1.24. The van der Waals surface area contributed by atoms with Gasteiger partial charge in [0.2, 0.25) is 0 Å². The van der Waals surface area contributed by atoms with Crippen molar-refractivity contribution in [2.24, 2.45) is 0 Å². The summed E-state index contributed by atoms with van der Waals surface area (Å²) in [7, 11) is 2.72. The number of amides is 4. The number of rotatable bonds is 3. The first-order valence-corrected chi connectivity index (χ1v) is 10.3. The molecule has 1 aliphatic rings. The summed E-state index contributed by atoms with van der Waals surface area (Å²) >= 11 is 9.82. The third-order valence-electron chi connectivity index (χ3n) is 5.12. The third-order valence-corrected chi connectivity index (χ3v) is 5.98. The van der Waals surface area contributed by atoms with Crippen molar-refractivity contribution in [3.05, 3.63) is 74.9 Å². The molecule has 6 nitrogen and oxygen atoms in total. The fraction of sp³-hybridized carbons (Fsp3) is 0.136. The van der Waals surface area contributed by atoms with E-state index in [2.05, 4.69) is 15.9 Å². The topological polar surface area (TPSA) is 62.6 Å². The van der Waals surface area contributed by atoms with Gasteiger partial charge in [0.15, 0.2) is 0 Å². The number of benzene rings is 2. The smallest absolute Gasteiger partial charge is 0.333 e. The van der Waals surface area contributed by atoms with Gasteiger partial charge in [0.25, 0.3) is 11.8 Å². The van der Waals surface area contributed by atoms with Crippen molar-refractivity contribution in [3.63, 3.8) is 0 Å². The molecule has 0 aliphatic carbocycles. The summed E-state index contributed by atoms with van der Waals surface area (Å²) in [6, 6.07) is 12.8. The monoisotopic (exact) mass is 485 g/mol. The molecule has 2 heterocycles. The third kappa shape index (κ3) is 3.44. The van der Waals surface area contributed by atoms with Crippen molar-refractivity contribution in [2.75, 3.05) is 14.1 Å². The standard InChI is InChI=1S/C22H17BrClN3O3/c1-25-20(28)17(21(29)26(2)22(25)30)9-14-12-27(11-13-5-3-4-6-18(13)24)19-8-7-15(23)10-16(14)19/h3-10,12H,11H2,1-2H3. The number of nitrogens with zero attached hydrogens (tertiary/aromatic N) is 3. The Hall–Kier alpha value is -2.90. The average molecular weight is 487 g/mol. The number of halogens is 2. The molecule has 0 bridgehead atoms. The predicted octanol–water partition coefficient (Wildman–Crippen LogP) is 4.54. The molecule has 1 aromatic heterocycles. The molecule has 0 spiro atoms. The number of carbonyl (C=O) groups excluding carboxylic acids is 3. The highest BCUT2D eigenvalue weighted by Gasteiger charge is 2.37. The summed E-state index contributed by atoms with van der Waals surface area (Å²) in [6.07, 6.45) is 3.42. The molecule has 8 heteroatoms. The van der Waals surface area contributed by atoms with Crippen LogP contribution in [0.5, 0.6) is 0 Å². The Morgan fingerprint density at radius 2 is 1.67 bits per heavy atom. The minimum Gasteiger partial charge on any atom is -0.342 e. The molecule has 152 valence electrons. The Bertz CT molecular complexity index is 1220. The van der Waals surface area contributed by atoms with Crippen LogP contribution in [0.15, 0.2) is 58.7 Å². The van der Waals surface area contributed by atoms with Crippen LogP contribution >= 0.6 is 27.5 Å². The van der Waals surface area contributed by atoms with Gasteiger partial charge in [-0.15, -0.1) is 0 Å². The van der Waals surface area contributed by atoms with Crippen LogP contribution in [0.2, 0.25) is 5.02 Å². The maximum absolute atomic E-state index is 12.6. The normalized spacial score (nSPS) is 14.8. The number of hydrogen-bond donors (Lipinski definition) is 0. The SMILES string of the molecule is CN1C(=O)C(=Cc2cn(Cc3ccccc3Cl)c3ccc(Br)cc23)C(=O)N(C)C1=O. The molecule has 0 N–H and O–H groups in total. The van der Waals surface area contributed by atoms with E-state index in [1.807, 2.05) is 53.2 Å². The van der Waals surface area contributed by atoms with Crippen molar-refractivity contribution in [2.45, 2.75) is 6.54 Å². The van der Waals surface area contributed by atoms with E-state index in [1.54, 1.807) is 6.08 Å². The van der Waals surface area contributed by atoms with E-state index in [0.717, 1.165) is 30.7 Å². The summed E-state index contributed by atoms with van der Waals surface area (Å²) in [4.78, 5) is 39.1. The average Bonchev–Trinajstić information content (AvgIpc) is 3.06. The van der Waals surface area contributed by atoms with Crippen LogP contribution in [0.25, 0.3) is 17.0 Å². The van der Waals surface area contributed by atoms with E-state index >= 15 is 0 Å². The maximum Gasteiger partial charge on any atom is 0.333 e. The number of barbiturate groups is 1. The van der Waals surface area contributed by atoms with Gasteiger partial charge in [-0.2, -0.15) is 0 Å². The van der Waals surface area contributed by atoms with Gasteiger partial charge in [-0.3, -0.25) is 19.4 Å². The Kier molecular flexibility index (Phi) is 5.26. The highest BCUT2D eigenvalue weighted by Crippen LogP contribution is 2.30. The van der Waals surface area contributed by atoms with Crippen molar-refractivity contribution in [3.8, 4) is 0 Å². The lowest BCUT2D eigenvalue weighted by atomic mass is 10.1. The number of aromatic nitrogens is 1. The fourth-order valence-electron chi connectivity index (χ4n) is 3.48. The summed E-state index contributed by atoms with van der Waals surface area (Å²) < 4.78 is 2.89. The lowest BCUT2D eigenvalue weighted by Crippen LogP contribution is -2.52. The first kappa shape index (κ1) is 20.4. The molecule has 2 aromatic carbocycles. The van der Waals surface area contributed by atoms with E-state index < -0.39 is 17.8 Å². The first-order valence-electron chi connectivity index (χ1n) is 9.11. The van der Waals surface area contributed by atoms with Crippen molar-refractivity contribution < 1.29 is 14.4 Å². The van der Waals surface area contributed by atoms with Gasteiger partial charge >= 0.3 is 6.03 Å². The molecular weight excluding hydrogens is 470 g/mol. The minimum absolute atomic E-state index is 0.0589. The molecule has 1 saturated heterocycles. The van der Waals surface area contributed by atoms with E-state index in [0.29, 0.717) is 17.1 Å². The number of urea groups is 1. The second kappa shape index (κ2) is 7.74.